The predicted octanol–water partition coefficient (Wildman–Crippen LogP) is 4.97. The number of para-hydroxylation sites is 1. The minimum atomic E-state index is 0.772. The highest BCUT2D eigenvalue weighted by Crippen LogP contribution is 2.26. The van der Waals surface area contributed by atoms with Crippen molar-refractivity contribution in [1.29, 1.82) is 0 Å². The van der Waals surface area contributed by atoms with Crippen molar-refractivity contribution < 1.29 is 9.47 Å². The van der Waals surface area contributed by atoms with Crippen molar-refractivity contribution in [2.45, 2.75) is 26.7 Å². The highest BCUT2D eigenvalue weighted by Gasteiger charge is 2.01. The Morgan fingerprint density at radius 2 is 1.58 bits per heavy atom. The summed E-state index contributed by atoms with van der Waals surface area (Å²) in [6.45, 7) is 4.97. The average molecular weight is 256 g/mol. The van der Waals surface area contributed by atoms with Crippen molar-refractivity contribution in [1.82, 2.24) is 0 Å². The second kappa shape index (κ2) is 6.83. The molecule has 0 amide bonds. The van der Waals surface area contributed by atoms with Crippen LogP contribution >= 0.6 is 0 Å². The molecule has 0 N–H and O–H groups in total. The second-order valence-electron chi connectivity index (χ2n) is 4.54. The lowest BCUT2D eigenvalue weighted by Crippen LogP contribution is -1.96. The monoisotopic (exact) mass is 256 g/mol. The third-order valence-electron chi connectivity index (χ3n) is 2.91. The van der Waals surface area contributed by atoms with Gasteiger partial charge >= 0.3 is 0 Å². The van der Waals surface area contributed by atoms with Gasteiger partial charge in [-0.3, -0.25) is 0 Å². The molecule has 100 valence electrons. The molecule has 0 unspecified atom stereocenters. The number of rotatable bonds is 6. The van der Waals surface area contributed by atoms with Gasteiger partial charge < -0.3 is 9.47 Å². The highest BCUT2D eigenvalue weighted by atomic mass is 16.5. The Hall–Kier alpha value is -1.96. The van der Waals surface area contributed by atoms with Gasteiger partial charge in [-0.2, -0.15) is 0 Å². The third-order valence-corrected chi connectivity index (χ3v) is 2.91. The van der Waals surface area contributed by atoms with E-state index in [0.29, 0.717) is 0 Å². The molecular weight excluding hydrogens is 236 g/mol. The van der Waals surface area contributed by atoms with Gasteiger partial charge in [0.1, 0.15) is 17.2 Å². The lowest BCUT2D eigenvalue weighted by atomic mass is 10.2. The number of unbranched alkanes of at least 4 members (excludes halogenated alkanes) is 1. The zero-order valence-corrected chi connectivity index (χ0v) is 11.6. The van der Waals surface area contributed by atoms with E-state index in [1.165, 1.54) is 0 Å². The van der Waals surface area contributed by atoms with Crippen molar-refractivity contribution in [2.24, 2.45) is 0 Å². The van der Waals surface area contributed by atoms with Crippen molar-refractivity contribution in [3.63, 3.8) is 0 Å². The first-order chi connectivity index (χ1) is 9.29. The van der Waals surface area contributed by atoms with Crippen molar-refractivity contribution in [2.75, 3.05) is 6.61 Å². The zero-order valence-electron chi connectivity index (χ0n) is 11.6. The molecule has 0 heterocycles. The SMILES string of the molecule is CCCCOc1ccc(Oc2ccccc2C)cc1. The van der Waals surface area contributed by atoms with Crippen LogP contribution in [0.5, 0.6) is 17.2 Å². The van der Waals surface area contributed by atoms with Crippen LogP contribution in [0.4, 0.5) is 0 Å². The van der Waals surface area contributed by atoms with E-state index < -0.39 is 0 Å². The molecular formula is C17H20O2. The summed E-state index contributed by atoms with van der Waals surface area (Å²) >= 11 is 0. The van der Waals surface area contributed by atoms with E-state index in [9.17, 15) is 0 Å². The standard InChI is InChI=1S/C17H20O2/c1-3-4-13-18-15-9-11-16(12-10-15)19-17-8-6-5-7-14(17)2/h5-12H,3-4,13H2,1-2H3. The molecule has 0 aromatic heterocycles. The predicted molar refractivity (Wildman–Crippen MR) is 78.1 cm³/mol. The minimum absolute atomic E-state index is 0.772. The van der Waals surface area contributed by atoms with Crippen molar-refractivity contribution >= 4 is 0 Å². The molecule has 0 aliphatic carbocycles. The molecule has 2 nitrogen and oxygen atoms in total. The molecule has 0 saturated heterocycles. The topological polar surface area (TPSA) is 18.5 Å². The fourth-order valence-corrected chi connectivity index (χ4v) is 1.74. The first-order valence-electron chi connectivity index (χ1n) is 6.76. The van der Waals surface area contributed by atoms with Crippen LogP contribution in [0.15, 0.2) is 48.5 Å². The number of hydrogen-bond donors (Lipinski definition) is 0. The molecule has 0 aliphatic heterocycles. The summed E-state index contributed by atoms with van der Waals surface area (Å²) in [4.78, 5) is 0. The zero-order chi connectivity index (χ0) is 13.5. The van der Waals surface area contributed by atoms with E-state index in [1.54, 1.807) is 0 Å². The Balaban J connectivity index is 1.97. The maximum Gasteiger partial charge on any atom is 0.130 e. The quantitative estimate of drug-likeness (QED) is 0.680. The molecule has 2 heteroatoms. The van der Waals surface area contributed by atoms with E-state index >= 15 is 0 Å². The molecule has 0 radical (unpaired) electrons. The van der Waals surface area contributed by atoms with Crippen LogP contribution in [0.25, 0.3) is 0 Å². The number of ether oxygens (including phenoxy) is 2. The Bertz CT molecular complexity index is 503. The summed E-state index contributed by atoms with van der Waals surface area (Å²) < 4.78 is 11.5. The van der Waals surface area contributed by atoms with Gasteiger partial charge in [-0.1, -0.05) is 31.5 Å². The summed E-state index contributed by atoms with van der Waals surface area (Å²) in [7, 11) is 0. The summed E-state index contributed by atoms with van der Waals surface area (Å²) in [5.41, 5.74) is 1.13. The third kappa shape index (κ3) is 4.02. The van der Waals surface area contributed by atoms with Crippen molar-refractivity contribution in [3.05, 3.63) is 54.1 Å². The molecule has 0 atom stereocenters. The highest BCUT2D eigenvalue weighted by molar-refractivity contribution is 5.38. The summed E-state index contributed by atoms with van der Waals surface area (Å²) in [5, 5.41) is 0. The average Bonchev–Trinajstić information content (AvgIpc) is 2.44. The van der Waals surface area contributed by atoms with Gasteiger partial charge in [0.15, 0.2) is 0 Å². The Labute approximate surface area is 115 Å². The number of hydrogen-bond acceptors (Lipinski definition) is 2. The molecule has 2 aromatic rings. The summed E-state index contributed by atoms with van der Waals surface area (Å²) in [5.74, 6) is 2.62. The maximum atomic E-state index is 5.83. The van der Waals surface area contributed by atoms with E-state index in [2.05, 4.69) is 6.92 Å². The lowest BCUT2D eigenvalue weighted by molar-refractivity contribution is 0.309. The molecule has 2 aromatic carbocycles. The molecule has 2 rings (SSSR count). The molecule has 0 bridgehead atoms. The maximum absolute atomic E-state index is 5.83. The van der Waals surface area contributed by atoms with E-state index in [4.69, 9.17) is 9.47 Å². The summed E-state index contributed by atoms with van der Waals surface area (Å²) in [6.07, 6.45) is 2.23. The van der Waals surface area contributed by atoms with Crippen LogP contribution in [0.1, 0.15) is 25.3 Å². The molecule has 19 heavy (non-hydrogen) atoms. The first-order valence-corrected chi connectivity index (χ1v) is 6.76. The van der Waals surface area contributed by atoms with Gasteiger partial charge in [0.05, 0.1) is 6.61 Å². The number of aryl methyl sites for hydroxylation is 1. The van der Waals surface area contributed by atoms with Gasteiger partial charge in [-0.15, -0.1) is 0 Å². The molecule has 0 fully saturated rings. The largest absolute Gasteiger partial charge is 0.494 e. The number of benzene rings is 2. The fourth-order valence-electron chi connectivity index (χ4n) is 1.74. The normalized spacial score (nSPS) is 10.2. The van der Waals surface area contributed by atoms with Crippen LogP contribution in [-0.4, -0.2) is 6.61 Å². The smallest absolute Gasteiger partial charge is 0.130 e. The van der Waals surface area contributed by atoms with Crippen LogP contribution in [0.3, 0.4) is 0 Å². The van der Waals surface area contributed by atoms with Gasteiger partial charge in [0.2, 0.25) is 0 Å². The van der Waals surface area contributed by atoms with Crippen LogP contribution in [0, 0.1) is 6.92 Å². The van der Waals surface area contributed by atoms with E-state index in [0.717, 1.165) is 42.3 Å². The van der Waals surface area contributed by atoms with Crippen LogP contribution in [0.2, 0.25) is 0 Å². The van der Waals surface area contributed by atoms with Gasteiger partial charge in [0, 0.05) is 0 Å². The summed E-state index contributed by atoms with van der Waals surface area (Å²) in [6, 6.07) is 15.8. The van der Waals surface area contributed by atoms with Crippen molar-refractivity contribution in [3.8, 4) is 17.2 Å². The minimum Gasteiger partial charge on any atom is -0.494 e. The van der Waals surface area contributed by atoms with Gasteiger partial charge in [-0.05, 0) is 49.2 Å². The Kier molecular flexibility index (Phi) is 4.85. The first kappa shape index (κ1) is 13.5. The fraction of sp³-hybridized carbons (Fsp3) is 0.294. The Morgan fingerprint density at radius 1 is 0.895 bits per heavy atom. The van der Waals surface area contributed by atoms with Crippen LogP contribution < -0.4 is 9.47 Å². The molecule has 0 aliphatic rings. The lowest BCUT2D eigenvalue weighted by Gasteiger charge is -2.09. The molecule has 0 spiro atoms. The van der Waals surface area contributed by atoms with E-state index in [-0.39, 0.29) is 0 Å². The Morgan fingerprint density at radius 3 is 2.26 bits per heavy atom. The second-order valence-corrected chi connectivity index (χ2v) is 4.54. The van der Waals surface area contributed by atoms with E-state index in [1.807, 2.05) is 55.5 Å². The van der Waals surface area contributed by atoms with Gasteiger partial charge in [-0.25, -0.2) is 0 Å². The van der Waals surface area contributed by atoms with Crippen LogP contribution in [-0.2, 0) is 0 Å². The molecule has 0 saturated carbocycles. The van der Waals surface area contributed by atoms with Gasteiger partial charge in [0.25, 0.3) is 0 Å².